The second kappa shape index (κ2) is 52.2. The fourth-order valence-corrected chi connectivity index (χ4v) is 9.32. The van der Waals surface area contributed by atoms with Crippen LogP contribution in [-0.2, 0) is 28.6 Å². The van der Waals surface area contributed by atoms with Gasteiger partial charge in [-0.25, -0.2) is 0 Å². The van der Waals surface area contributed by atoms with Gasteiger partial charge in [-0.3, -0.25) is 14.4 Å². The van der Waals surface area contributed by atoms with Crippen LogP contribution in [0, 0.1) is 17.8 Å². The van der Waals surface area contributed by atoms with Gasteiger partial charge in [0.1, 0.15) is 13.2 Å². The maximum Gasteiger partial charge on any atom is 0.306 e. The summed E-state index contributed by atoms with van der Waals surface area (Å²) >= 11 is 0. The zero-order chi connectivity index (χ0) is 49.1. The van der Waals surface area contributed by atoms with Gasteiger partial charge >= 0.3 is 17.9 Å². The SMILES string of the molecule is CCC(C)CCCCCCCCCCCCCCCCCCCCC(=O)OC[C@@H](COC(=O)CCCCCCCCCCCCC(C)C)OC(=O)CCCCCCCCCCCCCC(C)C. The molecule has 6 nitrogen and oxygen atoms in total. The van der Waals surface area contributed by atoms with Crippen molar-refractivity contribution in [3.63, 3.8) is 0 Å². The molecule has 0 rings (SSSR count). The highest BCUT2D eigenvalue weighted by atomic mass is 16.6. The molecule has 0 aliphatic heterocycles. The van der Waals surface area contributed by atoms with Gasteiger partial charge in [0, 0.05) is 19.3 Å². The second-order valence-corrected chi connectivity index (χ2v) is 22.2. The number of hydrogen-bond acceptors (Lipinski definition) is 6. The van der Waals surface area contributed by atoms with E-state index in [-0.39, 0.29) is 31.1 Å². The maximum atomic E-state index is 12.8. The first-order valence-corrected chi connectivity index (χ1v) is 30.1. The minimum absolute atomic E-state index is 0.0634. The molecular weight excluding hydrogens is 829 g/mol. The molecule has 0 fully saturated rings. The molecule has 0 bridgehead atoms. The molecule has 0 amide bonds. The fourth-order valence-electron chi connectivity index (χ4n) is 9.32. The molecule has 398 valence electrons. The Balaban J connectivity index is 4.23. The van der Waals surface area contributed by atoms with Crippen molar-refractivity contribution >= 4 is 17.9 Å². The number of unbranched alkanes of at least 4 members (excludes halogenated alkanes) is 36. The molecule has 1 unspecified atom stereocenters. The maximum absolute atomic E-state index is 12.8. The summed E-state index contributed by atoms with van der Waals surface area (Å²) < 4.78 is 16.9. The van der Waals surface area contributed by atoms with E-state index in [0.717, 1.165) is 75.5 Å². The van der Waals surface area contributed by atoms with Crippen LogP contribution in [0.5, 0.6) is 0 Å². The molecule has 0 radical (unpaired) electrons. The van der Waals surface area contributed by atoms with Crippen LogP contribution >= 0.6 is 0 Å². The Kier molecular flexibility index (Phi) is 51.0. The number of carbonyl (C=O) groups is 3. The first-order chi connectivity index (χ1) is 32.6. The number of esters is 3. The van der Waals surface area contributed by atoms with Gasteiger partial charge in [0.15, 0.2) is 6.10 Å². The van der Waals surface area contributed by atoms with E-state index in [4.69, 9.17) is 14.2 Å². The predicted octanol–water partition coefficient (Wildman–Crippen LogP) is 19.9. The largest absolute Gasteiger partial charge is 0.462 e. The van der Waals surface area contributed by atoms with E-state index in [1.807, 2.05) is 0 Å². The molecule has 0 aromatic heterocycles. The van der Waals surface area contributed by atoms with E-state index in [9.17, 15) is 14.4 Å². The highest BCUT2D eigenvalue weighted by Gasteiger charge is 2.19. The number of hydrogen-bond donors (Lipinski definition) is 0. The Hall–Kier alpha value is -1.59. The van der Waals surface area contributed by atoms with Crippen molar-refractivity contribution in [2.45, 2.75) is 343 Å². The Morgan fingerprint density at radius 2 is 0.522 bits per heavy atom. The minimum atomic E-state index is -0.764. The van der Waals surface area contributed by atoms with Crippen molar-refractivity contribution in [2.75, 3.05) is 13.2 Å². The molecule has 0 heterocycles. The van der Waals surface area contributed by atoms with Crippen LogP contribution in [0.25, 0.3) is 0 Å². The normalized spacial score (nSPS) is 12.5. The molecule has 0 saturated carbocycles. The average Bonchev–Trinajstić information content (AvgIpc) is 3.30. The lowest BCUT2D eigenvalue weighted by molar-refractivity contribution is -0.167. The van der Waals surface area contributed by atoms with Crippen LogP contribution in [0.4, 0.5) is 0 Å². The summed E-state index contributed by atoms with van der Waals surface area (Å²) in [7, 11) is 0. The molecule has 67 heavy (non-hydrogen) atoms. The third kappa shape index (κ3) is 53.6. The van der Waals surface area contributed by atoms with Gasteiger partial charge in [-0.1, -0.05) is 298 Å². The van der Waals surface area contributed by atoms with Gasteiger partial charge in [-0.05, 0) is 37.0 Å². The van der Waals surface area contributed by atoms with E-state index in [1.54, 1.807) is 0 Å². The van der Waals surface area contributed by atoms with Crippen LogP contribution < -0.4 is 0 Å². The molecule has 0 aliphatic rings. The Morgan fingerprint density at radius 1 is 0.299 bits per heavy atom. The lowest BCUT2D eigenvalue weighted by atomic mass is 9.99. The lowest BCUT2D eigenvalue weighted by Crippen LogP contribution is -2.30. The summed E-state index contributed by atoms with van der Waals surface area (Å²) in [6.45, 7) is 13.8. The summed E-state index contributed by atoms with van der Waals surface area (Å²) in [5.41, 5.74) is 0. The monoisotopic (exact) mass is 947 g/mol. The average molecular weight is 948 g/mol. The van der Waals surface area contributed by atoms with Crippen LogP contribution in [0.3, 0.4) is 0 Å². The van der Waals surface area contributed by atoms with Gasteiger partial charge in [0.05, 0.1) is 0 Å². The molecule has 0 aliphatic carbocycles. The summed E-state index contributed by atoms with van der Waals surface area (Å²) in [5.74, 6) is 1.71. The van der Waals surface area contributed by atoms with E-state index >= 15 is 0 Å². The van der Waals surface area contributed by atoms with Crippen LogP contribution in [0.1, 0.15) is 337 Å². The first kappa shape index (κ1) is 65.4. The van der Waals surface area contributed by atoms with Crippen LogP contribution in [0.2, 0.25) is 0 Å². The summed E-state index contributed by atoms with van der Waals surface area (Å²) in [5, 5.41) is 0. The lowest BCUT2D eigenvalue weighted by Gasteiger charge is -2.18. The number of ether oxygens (including phenoxy) is 3. The predicted molar refractivity (Wildman–Crippen MR) is 289 cm³/mol. The summed E-state index contributed by atoms with van der Waals surface area (Å²) in [6, 6.07) is 0. The first-order valence-electron chi connectivity index (χ1n) is 30.1. The number of rotatable bonds is 54. The van der Waals surface area contributed by atoms with Gasteiger partial charge in [0.25, 0.3) is 0 Å². The zero-order valence-corrected chi connectivity index (χ0v) is 46.2. The fraction of sp³-hybridized carbons (Fsp3) is 0.951. The quantitative estimate of drug-likeness (QED) is 0.0343. The topological polar surface area (TPSA) is 78.9 Å². The third-order valence-corrected chi connectivity index (χ3v) is 14.3. The second-order valence-electron chi connectivity index (χ2n) is 22.2. The minimum Gasteiger partial charge on any atom is -0.462 e. The smallest absolute Gasteiger partial charge is 0.306 e. The Labute approximate surface area is 418 Å². The van der Waals surface area contributed by atoms with Gasteiger partial charge in [-0.2, -0.15) is 0 Å². The van der Waals surface area contributed by atoms with Crippen molar-refractivity contribution < 1.29 is 28.6 Å². The molecule has 0 N–H and O–H groups in total. The van der Waals surface area contributed by atoms with Crippen molar-refractivity contribution in [3.05, 3.63) is 0 Å². The van der Waals surface area contributed by atoms with Crippen molar-refractivity contribution in [1.82, 2.24) is 0 Å². The Bertz CT molecular complexity index is 1040. The van der Waals surface area contributed by atoms with E-state index in [1.165, 1.54) is 218 Å². The van der Waals surface area contributed by atoms with Gasteiger partial charge in [-0.15, -0.1) is 0 Å². The van der Waals surface area contributed by atoms with Crippen LogP contribution in [-0.4, -0.2) is 37.2 Å². The van der Waals surface area contributed by atoms with Crippen molar-refractivity contribution in [2.24, 2.45) is 17.8 Å². The van der Waals surface area contributed by atoms with Gasteiger partial charge < -0.3 is 14.2 Å². The third-order valence-electron chi connectivity index (χ3n) is 14.3. The van der Waals surface area contributed by atoms with Crippen LogP contribution in [0.15, 0.2) is 0 Å². The van der Waals surface area contributed by atoms with Crippen molar-refractivity contribution in [3.8, 4) is 0 Å². The molecule has 2 atom stereocenters. The zero-order valence-electron chi connectivity index (χ0n) is 46.2. The van der Waals surface area contributed by atoms with Crippen molar-refractivity contribution in [1.29, 1.82) is 0 Å². The van der Waals surface area contributed by atoms with E-state index < -0.39 is 6.10 Å². The highest BCUT2D eigenvalue weighted by Crippen LogP contribution is 2.19. The molecule has 0 aromatic carbocycles. The van der Waals surface area contributed by atoms with E-state index in [2.05, 4.69) is 41.5 Å². The number of carbonyl (C=O) groups excluding carboxylic acids is 3. The standard InChI is InChI=1S/C61H118O6/c1-7-57(6)49-43-37-31-25-18-14-12-10-8-9-11-13-15-19-26-32-38-44-50-59(62)65-53-58(54-66-60(63)51-45-39-33-27-22-21-24-30-36-42-48-56(4)5)67-61(64)52-46-40-34-28-20-16-17-23-29-35-41-47-55(2)3/h55-58H,7-54H2,1-6H3/t57?,58-/m0/s1. The molecular formula is C61H118O6. The molecule has 0 aromatic rings. The molecule has 6 heteroatoms. The Morgan fingerprint density at radius 3 is 0.776 bits per heavy atom. The molecule has 0 spiro atoms. The molecule has 0 saturated heterocycles. The summed E-state index contributed by atoms with van der Waals surface area (Å²) in [4.78, 5) is 38.2. The van der Waals surface area contributed by atoms with Gasteiger partial charge in [0.2, 0.25) is 0 Å². The summed E-state index contributed by atoms with van der Waals surface area (Å²) in [6.07, 6.45) is 55.3. The highest BCUT2D eigenvalue weighted by molar-refractivity contribution is 5.71. The van der Waals surface area contributed by atoms with E-state index in [0.29, 0.717) is 19.3 Å².